The molecule has 1 aromatic heterocycles. The van der Waals surface area contributed by atoms with Gasteiger partial charge in [-0.25, -0.2) is 0 Å². The molecule has 1 aliphatic heterocycles. The van der Waals surface area contributed by atoms with Crippen LogP contribution in [0.4, 0.5) is 0 Å². The van der Waals surface area contributed by atoms with Gasteiger partial charge >= 0.3 is 0 Å². The van der Waals surface area contributed by atoms with Crippen LogP contribution in [0.25, 0.3) is 0 Å². The summed E-state index contributed by atoms with van der Waals surface area (Å²) in [6, 6.07) is 7.46. The van der Waals surface area contributed by atoms with E-state index in [0.717, 1.165) is 54.0 Å². The predicted octanol–water partition coefficient (Wildman–Crippen LogP) is 5.01. The quantitative estimate of drug-likeness (QED) is 0.689. The van der Waals surface area contributed by atoms with Crippen molar-refractivity contribution in [2.75, 3.05) is 13.1 Å². The molecule has 0 spiro atoms. The molecule has 1 fully saturated rings. The van der Waals surface area contributed by atoms with E-state index >= 15 is 0 Å². The third kappa shape index (κ3) is 4.38. The van der Waals surface area contributed by atoms with Crippen molar-refractivity contribution in [3.8, 4) is 0 Å². The highest BCUT2D eigenvalue weighted by Gasteiger charge is 2.27. The van der Waals surface area contributed by atoms with E-state index in [0.29, 0.717) is 5.02 Å². The Morgan fingerprint density at radius 1 is 1.32 bits per heavy atom. The molecule has 0 unspecified atom stereocenters. The fourth-order valence-electron chi connectivity index (χ4n) is 3.44. The summed E-state index contributed by atoms with van der Waals surface area (Å²) in [6.07, 6.45) is 1.95. The molecule has 0 bridgehead atoms. The van der Waals surface area contributed by atoms with Crippen LogP contribution in [0.1, 0.15) is 50.9 Å². The minimum absolute atomic E-state index is 0.0274. The summed E-state index contributed by atoms with van der Waals surface area (Å²) in [5.74, 6) is 0.356. The molecule has 1 aromatic carbocycles. The second-order valence-electron chi connectivity index (χ2n) is 6.77. The van der Waals surface area contributed by atoms with Crippen molar-refractivity contribution >= 4 is 34.5 Å². The molecule has 0 aliphatic carbocycles. The van der Waals surface area contributed by atoms with Crippen LogP contribution in [0.5, 0.6) is 0 Å². The second kappa shape index (κ2) is 7.81. The van der Waals surface area contributed by atoms with Gasteiger partial charge in [-0.15, -0.1) is 11.3 Å². The van der Waals surface area contributed by atoms with Gasteiger partial charge < -0.3 is 0 Å². The van der Waals surface area contributed by atoms with Gasteiger partial charge in [0.25, 0.3) is 0 Å². The maximum absolute atomic E-state index is 12.9. The number of Topliss-reactive ketones (excluding diaryl/α,β-unsaturated/α-hetero) is 2. The smallest absolute Gasteiger partial charge is 0.169 e. The molecular weight excluding hydrogens is 354 g/mol. The third-order valence-corrected chi connectivity index (χ3v) is 6.05. The van der Waals surface area contributed by atoms with Crippen LogP contribution >= 0.6 is 22.9 Å². The number of halogens is 1. The van der Waals surface area contributed by atoms with Gasteiger partial charge in [0, 0.05) is 29.6 Å². The summed E-state index contributed by atoms with van der Waals surface area (Å²) < 4.78 is 0. The number of carbonyl (C=O) groups excluding carboxylic acids is 2. The van der Waals surface area contributed by atoms with Gasteiger partial charge in [-0.1, -0.05) is 11.6 Å². The zero-order valence-corrected chi connectivity index (χ0v) is 16.1. The summed E-state index contributed by atoms with van der Waals surface area (Å²) in [6.45, 7) is 6.10. The maximum atomic E-state index is 12.9. The van der Waals surface area contributed by atoms with Gasteiger partial charge in [0.2, 0.25) is 0 Å². The fraction of sp³-hybridized carbons (Fsp3) is 0.400. The van der Waals surface area contributed by atoms with E-state index < -0.39 is 0 Å². The molecule has 1 atom stereocenters. The van der Waals surface area contributed by atoms with Crippen molar-refractivity contribution in [1.29, 1.82) is 0 Å². The third-order valence-electron chi connectivity index (χ3n) is 4.74. The maximum Gasteiger partial charge on any atom is 0.169 e. The SMILES string of the molecule is CC(=O)c1cc(CN2CCC[C@@H](C(=O)c3ccc(Cl)cc3C)C2)cs1. The van der Waals surface area contributed by atoms with E-state index in [9.17, 15) is 9.59 Å². The number of carbonyl (C=O) groups is 2. The fourth-order valence-corrected chi connectivity index (χ4v) is 4.47. The Morgan fingerprint density at radius 2 is 2.12 bits per heavy atom. The molecule has 3 nitrogen and oxygen atoms in total. The Bertz CT molecular complexity index is 799. The molecule has 3 rings (SSSR count). The summed E-state index contributed by atoms with van der Waals surface area (Å²) >= 11 is 7.50. The van der Waals surface area contributed by atoms with Crippen LogP contribution in [0.3, 0.4) is 0 Å². The Kier molecular flexibility index (Phi) is 5.72. The molecule has 1 aliphatic rings. The minimum atomic E-state index is 0.0274. The number of ketones is 2. The first-order valence-electron chi connectivity index (χ1n) is 8.55. The number of hydrogen-bond acceptors (Lipinski definition) is 4. The molecule has 5 heteroatoms. The van der Waals surface area contributed by atoms with E-state index in [1.54, 1.807) is 13.0 Å². The van der Waals surface area contributed by atoms with E-state index in [1.807, 2.05) is 30.5 Å². The number of aryl methyl sites for hydroxylation is 1. The summed E-state index contributed by atoms with van der Waals surface area (Å²) in [5.41, 5.74) is 2.88. The second-order valence-corrected chi connectivity index (χ2v) is 8.12. The van der Waals surface area contributed by atoms with Crippen LogP contribution < -0.4 is 0 Å². The van der Waals surface area contributed by atoms with E-state index in [4.69, 9.17) is 11.6 Å². The molecule has 0 N–H and O–H groups in total. The first-order chi connectivity index (χ1) is 11.9. The molecule has 132 valence electrons. The lowest BCUT2D eigenvalue weighted by atomic mass is 9.88. The van der Waals surface area contributed by atoms with E-state index in [1.165, 1.54) is 11.3 Å². The summed E-state index contributed by atoms with van der Waals surface area (Å²) in [4.78, 5) is 27.5. The van der Waals surface area contributed by atoms with Crippen molar-refractivity contribution in [3.63, 3.8) is 0 Å². The Morgan fingerprint density at radius 3 is 2.80 bits per heavy atom. The molecule has 0 amide bonds. The van der Waals surface area contributed by atoms with Gasteiger partial charge in [-0.3, -0.25) is 14.5 Å². The van der Waals surface area contributed by atoms with E-state index in [2.05, 4.69) is 4.90 Å². The lowest BCUT2D eigenvalue weighted by molar-refractivity contribution is 0.0811. The monoisotopic (exact) mass is 375 g/mol. The Balaban J connectivity index is 1.67. The number of rotatable bonds is 5. The number of piperidine rings is 1. The number of benzene rings is 1. The van der Waals surface area contributed by atoms with Gasteiger partial charge in [0.15, 0.2) is 11.6 Å². The molecular formula is C20H22ClNO2S. The van der Waals surface area contributed by atoms with Crippen LogP contribution in [-0.2, 0) is 6.54 Å². The Labute approximate surface area is 157 Å². The van der Waals surface area contributed by atoms with Crippen molar-refractivity contribution in [1.82, 2.24) is 4.90 Å². The highest BCUT2D eigenvalue weighted by atomic mass is 35.5. The molecule has 2 aromatic rings. The van der Waals surface area contributed by atoms with Crippen molar-refractivity contribution in [3.05, 3.63) is 56.2 Å². The number of hydrogen-bond donors (Lipinski definition) is 0. The summed E-state index contributed by atoms with van der Waals surface area (Å²) in [7, 11) is 0. The molecule has 0 saturated carbocycles. The van der Waals surface area contributed by atoms with Gasteiger partial charge in [0.1, 0.15) is 0 Å². The van der Waals surface area contributed by atoms with Crippen LogP contribution in [-0.4, -0.2) is 29.6 Å². The zero-order chi connectivity index (χ0) is 18.0. The average molecular weight is 376 g/mol. The summed E-state index contributed by atoms with van der Waals surface area (Å²) in [5, 5.41) is 2.71. The van der Waals surface area contributed by atoms with E-state index in [-0.39, 0.29) is 17.5 Å². The van der Waals surface area contributed by atoms with Crippen LogP contribution in [0.2, 0.25) is 5.02 Å². The minimum Gasteiger partial charge on any atom is -0.298 e. The molecule has 1 saturated heterocycles. The van der Waals surface area contributed by atoms with Gasteiger partial charge in [0.05, 0.1) is 4.88 Å². The topological polar surface area (TPSA) is 37.4 Å². The van der Waals surface area contributed by atoms with Gasteiger partial charge in [-0.2, -0.15) is 0 Å². The number of thiophene rings is 1. The lowest BCUT2D eigenvalue weighted by Crippen LogP contribution is -2.38. The first kappa shape index (κ1) is 18.3. The van der Waals surface area contributed by atoms with Crippen molar-refractivity contribution < 1.29 is 9.59 Å². The van der Waals surface area contributed by atoms with Crippen molar-refractivity contribution in [2.24, 2.45) is 5.92 Å². The number of nitrogens with zero attached hydrogens (tertiary/aromatic N) is 1. The highest BCUT2D eigenvalue weighted by Crippen LogP contribution is 2.26. The molecule has 25 heavy (non-hydrogen) atoms. The van der Waals surface area contributed by atoms with Crippen LogP contribution in [0, 0.1) is 12.8 Å². The Hall–Kier alpha value is -1.49. The standard InChI is InChI=1S/C20H22ClNO2S/c1-13-8-17(21)5-6-18(13)20(24)16-4-3-7-22(11-16)10-15-9-19(14(2)23)25-12-15/h5-6,8-9,12,16H,3-4,7,10-11H2,1-2H3/t16-/m1/s1. The predicted molar refractivity (Wildman–Crippen MR) is 103 cm³/mol. The zero-order valence-electron chi connectivity index (χ0n) is 14.5. The molecule has 2 heterocycles. The largest absolute Gasteiger partial charge is 0.298 e. The van der Waals surface area contributed by atoms with Gasteiger partial charge in [-0.05, 0) is 74.0 Å². The average Bonchev–Trinajstić information content (AvgIpc) is 3.03. The first-order valence-corrected chi connectivity index (χ1v) is 9.81. The number of likely N-dealkylation sites (tertiary alicyclic amines) is 1. The lowest BCUT2D eigenvalue weighted by Gasteiger charge is -2.32. The molecule has 0 radical (unpaired) electrons. The highest BCUT2D eigenvalue weighted by molar-refractivity contribution is 7.12. The van der Waals surface area contributed by atoms with Crippen molar-refractivity contribution in [2.45, 2.75) is 33.2 Å². The van der Waals surface area contributed by atoms with Crippen LogP contribution in [0.15, 0.2) is 29.6 Å². The normalized spacial score (nSPS) is 18.3.